The molecule has 0 aliphatic heterocycles. The van der Waals surface area contributed by atoms with Gasteiger partial charge in [0, 0.05) is 12.7 Å². The summed E-state index contributed by atoms with van der Waals surface area (Å²) >= 11 is 0. The first-order valence-electron chi connectivity index (χ1n) is 5.54. The smallest absolute Gasteiger partial charge is 0.335 e. The van der Waals surface area contributed by atoms with Crippen molar-refractivity contribution in [3.05, 3.63) is 24.2 Å². The molecule has 0 amide bonds. The van der Waals surface area contributed by atoms with Crippen LogP contribution in [0.25, 0.3) is 0 Å². The molecule has 102 valence electrons. The molecule has 2 N–H and O–H groups in total. The molecule has 19 heavy (non-hydrogen) atoms. The van der Waals surface area contributed by atoms with E-state index in [-0.39, 0.29) is 10.9 Å². The van der Waals surface area contributed by atoms with Gasteiger partial charge in [0.15, 0.2) is 5.82 Å². The zero-order chi connectivity index (χ0) is 13.9. The van der Waals surface area contributed by atoms with Crippen molar-refractivity contribution in [2.24, 2.45) is 0 Å². The van der Waals surface area contributed by atoms with Crippen LogP contribution in [-0.2, 0) is 10.0 Å². The summed E-state index contributed by atoms with van der Waals surface area (Å²) in [6.45, 7) is 4.22. The van der Waals surface area contributed by atoms with E-state index >= 15 is 0 Å². The molecule has 0 aliphatic rings. The lowest BCUT2D eigenvalue weighted by Gasteiger charge is -2.05. The highest BCUT2D eigenvalue weighted by atomic mass is 32.2. The molecule has 0 saturated carbocycles. The third-order valence-corrected chi connectivity index (χ3v) is 3.46. The van der Waals surface area contributed by atoms with E-state index in [9.17, 15) is 8.42 Å². The molecule has 0 aliphatic carbocycles. The van der Waals surface area contributed by atoms with Gasteiger partial charge in [0.2, 0.25) is 0 Å². The second-order valence-electron chi connectivity index (χ2n) is 3.66. The summed E-state index contributed by atoms with van der Waals surface area (Å²) in [5.41, 5.74) is 0. The van der Waals surface area contributed by atoms with Crippen molar-refractivity contribution in [3.8, 4) is 0 Å². The average Bonchev–Trinajstić information content (AvgIpc) is 2.75. The van der Waals surface area contributed by atoms with Crippen LogP contribution in [0.1, 0.15) is 12.7 Å². The molecule has 2 aromatic heterocycles. The Morgan fingerprint density at radius 3 is 2.68 bits per heavy atom. The van der Waals surface area contributed by atoms with Gasteiger partial charge in [0.05, 0.1) is 0 Å². The predicted molar refractivity (Wildman–Crippen MR) is 68.2 cm³/mol. The zero-order valence-corrected chi connectivity index (χ0v) is 11.2. The molecular weight excluding hydrogens is 270 g/mol. The number of pyridine rings is 1. The minimum absolute atomic E-state index is 0.0185. The first-order chi connectivity index (χ1) is 9.01. The number of sulfonamides is 1. The van der Waals surface area contributed by atoms with Crippen molar-refractivity contribution in [1.29, 1.82) is 0 Å². The van der Waals surface area contributed by atoms with Gasteiger partial charge in [-0.3, -0.25) is 0 Å². The Morgan fingerprint density at radius 2 is 2.16 bits per heavy atom. The maximum Gasteiger partial charge on any atom is 0.335 e. The topological polar surface area (TPSA) is 110 Å². The van der Waals surface area contributed by atoms with Gasteiger partial charge in [-0.05, 0) is 26.0 Å². The van der Waals surface area contributed by atoms with E-state index in [0.717, 1.165) is 0 Å². The fourth-order valence-corrected chi connectivity index (χ4v) is 2.21. The Kier molecular flexibility index (Phi) is 3.65. The van der Waals surface area contributed by atoms with E-state index in [1.807, 2.05) is 6.92 Å². The van der Waals surface area contributed by atoms with Crippen molar-refractivity contribution < 1.29 is 12.9 Å². The monoisotopic (exact) mass is 283 g/mol. The summed E-state index contributed by atoms with van der Waals surface area (Å²) < 4.78 is 30.8. The van der Waals surface area contributed by atoms with E-state index in [0.29, 0.717) is 18.2 Å². The minimum Gasteiger partial charge on any atom is -0.370 e. The Bertz CT molecular complexity index is 650. The lowest BCUT2D eigenvalue weighted by atomic mass is 10.4. The van der Waals surface area contributed by atoms with Crippen LogP contribution >= 0.6 is 0 Å². The molecular formula is C10H13N5O3S. The first kappa shape index (κ1) is 13.3. The summed E-state index contributed by atoms with van der Waals surface area (Å²) in [6, 6.07) is 2.85. The van der Waals surface area contributed by atoms with Crippen molar-refractivity contribution >= 4 is 21.9 Å². The highest BCUT2D eigenvalue weighted by Crippen LogP contribution is 2.14. The van der Waals surface area contributed by atoms with Crippen molar-refractivity contribution in [1.82, 2.24) is 15.1 Å². The lowest BCUT2D eigenvalue weighted by Crippen LogP contribution is -2.13. The standard InChI is InChI=1S/C10H13N5O3S/c1-3-11-9-5-4-8(6-12-9)19(16,17)15-10-13-7(2)14-18-10/h4-6H,3H2,1-2H3,(H,11,12)(H,13,14,15). The van der Waals surface area contributed by atoms with Gasteiger partial charge >= 0.3 is 6.01 Å². The number of hydrogen-bond acceptors (Lipinski definition) is 7. The molecule has 0 unspecified atom stereocenters. The van der Waals surface area contributed by atoms with Crippen LogP contribution in [0.3, 0.4) is 0 Å². The van der Waals surface area contributed by atoms with Crippen LogP contribution in [-0.4, -0.2) is 30.1 Å². The van der Waals surface area contributed by atoms with Crippen LogP contribution in [0.2, 0.25) is 0 Å². The Balaban J connectivity index is 2.19. The molecule has 2 rings (SSSR count). The second kappa shape index (κ2) is 5.22. The molecule has 0 atom stereocenters. The molecule has 0 fully saturated rings. The van der Waals surface area contributed by atoms with Gasteiger partial charge in [0.1, 0.15) is 10.7 Å². The zero-order valence-electron chi connectivity index (χ0n) is 10.4. The van der Waals surface area contributed by atoms with Gasteiger partial charge in [0.25, 0.3) is 10.0 Å². The molecule has 0 bridgehead atoms. The van der Waals surface area contributed by atoms with E-state index in [4.69, 9.17) is 4.52 Å². The largest absolute Gasteiger partial charge is 0.370 e. The van der Waals surface area contributed by atoms with Gasteiger partial charge in [-0.1, -0.05) is 5.16 Å². The number of nitrogens with one attached hydrogen (secondary N) is 2. The number of hydrogen-bond donors (Lipinski definition) is 2. The maximum absolute atomic E-state index is 12.0. The van der Waals surface area contributed by atoms with Crippen LogP contribution in [0, 0.1) is 6.92 Å². The molecule has 0 radical (unpaired) electrons. The second-order valence-corrected chi connectivity index (χ2v) is 5.34. The summed E-state index contributed by atoms with van der Waals surface area (Å²) in [7, 11) is -3.77. The Hall–Kier alpha value is -2.16. The molecule has 0 spiro atoms. The molecule has 8 nitrogen and oxygen atoms in total. The van der Waals surface area contributed by atoms with E-state index in [1.54, 1.807) is 13.0 Å². The summed E-state index contributed by atoms with van der Waals surface area (Å²) in [6.07, 6.45) is 1.25. The van der Waals surface area contributed by atoms with Crippen LogP contribution in [0.5, 0.6) is 0 Å². The van der Waals surface area contributed by atoms with Gasteiger partial charge in [-0.25, -0.2) is 18.1 Å². The van der Waals surface area contributed by atoms with Crippen LogP contribution in [0.15, 0.2) is 27.7 Å². The SMILES string of the molecule is CCNc1ccc(S(=O)(=O)Nc2nc(C)no2)cn1. The van der Waals surface area contributed by atoms with Gasteiger partial charge in [-0.15, -0.1) is 0 Å². The van der Waals surface area contributed by atoms with Gasteiger partial charge < -0.3 is 9.84 Å². The lowest BCUT2D eigenvalue weighted by molar-refractivity contribution is 0.429. The normalized spacial score (nSPS) is 11.3. The Labute approximate surface area is 110 Å². The third kappa shape index (κ3) is 3.19. The third-order valence-electron chi connectivity index (χ3n) is 2.15. The summed E-state index contributed by atoms with van der Waals surface area (Å²) in [5, 5.41) is 6.47. The van der Waals surface area contributed by atoms with Gasteiger partial charge in [-0.2, -0.15) is 4.98 Å². The first-order valence-corrected chi connectivity index (χ1v) is 7.02. The summed E-state index contributed by atoms with van der Waals surface area (Å²) in [5.74, 6) is 0.952. The number of aromatic nitrogens is 3. The molecule has 9 heteroatoms. The minimum atomic E-state index is -3.77. The number of nitrogens with zero attached hydrogens (tertiary/aromatic N) is 3. The maximum atomic E-state index is 12.0. The molecule has 2 heterocycles. The highest BCUT2D eigenvalue weighted by Gasteiger charge is 2.17. The fourth-order valence-electron chi connectivity index (χ4n) is 1.34. The van der Waals surface area contributed by atoms with Crippen molar-refractivity contribution in [2.45, 2.75) is 18.7 Å². The van der Waals surface area contributed by atoms with Crippen molar-refractivity contribution in [2.75, 3.05) is 16.6 Å². The van der Waals surface area contributed by atoms with E-state index in [1.165, 1.54) is 12.3 Å². The number of aryl methyl sites for hydroxylation is 1. The van der Waals surface area contributed by atoms with Crippen LogP contribution in [0.4, 0.5) is 11.8 Å². The highest BCUT2D eigenvalue weighted by molar-refractivity contribution is 7.92. The molecule has 2 aromatic rings. The van der Waals surface area contributed by atoms with Crippen LogP contribution < -0.4 is 10.0 Å². The molecule has 0 saturated heterocycles. The van der Waals surface area contributed by atoms with E-state index in [2.05, 4.69) is 25.2 Å². The predicted octanol–water partition coefficient (Wildman–Crippen LogP) is 1.01. The average molecular weight is 283 g/mol. The van der Waals surface area contributed by atoms with Crippen molar-refractivity contribution in [3.63, 3.8) is 0 Å². The summed E-state index contributed by atoms with van der Waals surface area (Å²) in [4.78, 5) is 7.77. The Morgan fingerprint density at radius 1 is 1.37 bits per heavy atom. The number of anilines is 2. The number of rotatable bonds is 5. The van der Waals surface area contributed by atoms with E-state index < -0.39 is 10.0 Å². The fraction of sp³-hybridized carbons (Fsp3) is 0.300. The quantitative estimate of drug-likeness (QED) is 0.842. The molecule has 0 aromatic carbocycles.